The van der Waals surface area contributed by atoms with Crippen molar-refractivity contribution in [1.82, 2.24) is 0 Å². The monoisotopic (exact) mass is 97.1 g/mol. The average Bonchev–Trinajstić information content (AvgIpc) is 1.61. The van der Waals surface area contributed by atoms with E-state index in [0.717, 1.165) is 5.71 Å². The van der Waals surface area contributed by atoms with E-state index in [-0.39, 0.29) is 0 Å². The van der Waals surface area contributed by atoms with Crippen molar-refractivity contribution in [3.05, 3.63) is 12.3 Å². The Hall–Kier alpha value is -0.590. The molecule has 0 radical (unpaired) electrons. The first-order valence-corrected chi connectivity index (χ1v) is 2.39. The van der Waals surface area contributed by atoms with Gasteiger partial charge in [0.2, 0.25) is 0 Å². The lowest BCUT2D eigenvalue weighted by Crippen LogP contribution is -1.74. The Morgan fingerprint density at radius 2 is 2.00 bits per heavy atom. The van der Waals surface area contributed by atoms with Gasteiger partial charge in [0.15, 0.2) is 0 Å². The molecule has 0 aliphatic heterocycles. The Morgan fingerprint density at radius 3 is 2.14 bits per heavy atom. The van der Waals surface area contributed by atoms with Crippen LogP contribution in [0, 0.1) is 0 Å². The highest BCUT2D eigenvalue weighted by Crippen LogP contribution is 1.75. The van der Waals surface area contributed by atoms with Gasteiger partial charge in [-0.25, -0.2) is 0 Å². The van der Waals surface area contributed by atoms with Crippen molar-refractivity contribution in [3.8, 4) is 0 Å². The third-order valence-electron chi connectivity index (χ3n) is 0.482. The Kier molecular flexibility index (Phi) is 3.29. The zero-order valence-electron chi connectivity index (χ0n) is 5.10. The first-order chi connectivity index (χ1) is 3.27. The first-order valence-electron chi connectivity index (χ1n) is 2.39. The van der Waals surface area contributed by atoms with Gasteiger partial charge in [-0.2, -0.15) is 0 Å². The van der Waals surface area contributed by atoms with Gasteiger partial charge in [-0.15, -0.1) is 0 Å². The molecular weight excluding hydrogens is 86.1 g/mol. The van der Waals surface area contributed by atoms with Gasteiger partial charge in [-0.05, 0) is 20.8 Å². The molecule has 0 aliphatic carbocycles. The predicted molar refractivity (Wildman–Crippen MR) is 33.6 cm³/mol. The summed E-state index contributed by atoms with van der Waals surface area (Å²) < 4.78 is 0. The highest BCUT2D eigenvalue weighted by atomic mass is 14.7. The van der Waals surface area contributed by atoms with Crippen molar-refractivity contribution in [2.75, 3.05) is 0 Å². The summed E-state index contributed by atoms with van der Waals surface area (Å²) in [6, 6.07) is 0. The normalized spacial score (nSPS) is 9.57. The molecule has 0 fully saturated rings. The van der Waals surface area contributed by atoms with E-state index >= 15 is 0 Å². The number of hydrogen-bond donors (Lipinski definition) is 0. The lowest BCUT2D eigenvalue weighted by molar-refractivity contribution is 1.48. The average molecular weight is 97.2 g/mol. The topological polar surface area (TPSA) is 12.4 Å². The molecule has 1 nitrogen and oxygen atoms in total. The van der Waals surface area contributed by atoms with Crippen molar-refractivity contribution < 1.29 is 0 Å². The van der Waals surface area contributed by atoms with Crippen LogP contribution in [0.3, 0.4) is 0 Å². The van der Waals surface area contributed by atoms with Crippen LogP contribution in [0.5, 0.6) is 0 Å². The number of allylic oxidation sites excluding steroid dienone is 1. The molecule has 0 aromatic carbocycles. The second-order valence-corrected chi connectivity index (χ2v) is 1.56. The number of hydrogen-bond acceptors (Lipinski definition) is 1. The van der Waals surface area contributed by atoms with E-state index in [1.807, 2.05) is 26.8 Å². The standard InChI is InChI=1S/C6H11N/c1-4-5-7-6(2)3/h4-5H,1-3H3/b5-4+. The molecule has 0 aromatic heterocycles. The molecule has 0 bridgehead atoms. The summed E-state index contributed by atoms with van der Waals surface area (Å²) in [5.74, 6) is 0. The molecule has 0 amide bonds. The minimum Gasteiger partial charge on any atom is -0.267 e. The van der Waals surface area contributed by atoms with Crippen LogP contribution in [-0.2, 0) is 0 Å². The maximum atomic E-state index is 3.98. The van der Waals surface area contributed by atoms with E-state index in [1.54, 1.807) is 6.20 Å². The molecule has 0 atom stereocenters. The van der Waals surface area contributed by atoms with Gasteiger partial charge in [-0.1, -0.05) is 6.08 Å². The minimum atomic E-state index is 1.10. The Labute approximate surface area is 44.8 Å². The summed E-state index contributed by atoms with van der Waals surface area (Å²) in [5.41, 5.74) is 1.10. The molecule has 0 rings (SSSR count). The van der Waals surface area contributed by atoms with Crippen LogP contribution in [0.2, 0.25) is 0 Å². The fourth-order valence-corrected chi connectivity index (χ4v) is 0.224. The minimum absolute atomic E-state index is 1.10. The lowest BCUT2D eigenvalue weighted by atomic mass is 10.5. The summed E-state index contributed by atoms with van der Waals surface area (Å²) in [5, 5.41) is 0. The summed E-state index contributed by atoms with van der Waals surface area (Å²) in [7, 11) is 0. The molecule has 0 saturated carbocycles. The van der Waals surface area contributed by atoms with Gasteiger partial charge in [0.05, 0.1) is 0 Å². The highest BCUT2D eigenvalue weighted by Gasteiger charge is 1.66. The van der Waals surface area contributed by atoms with E-state index in [2.05, 4.69) is 4.99 Å². The van der Waals surface area contributed by atoms with Crippen LogP contribution in [0.15, 0.2) is 17.3 Å². The van der Waals surface area contributed by atoms with Gasteiger partial charge >= 0.3 is 0 Å². The molecule has 0 aliphatic rings. The molecule has 40 valence electrons. The Balaban J connectivity index is 3.46. The van der Waals surface area contributed by atoms with Gasteiger partial charge in [0.1, 0.15) is 0 Å². The second-order valence-electron chi connectivity index (χ2n) is 1.56. The van der Waals surface area contributed by atoms with E-state index in [0.29, 0.717) is 0 Å². The summed E-state index contributed by atoms with van der Waals surface area (Å²) in [4.78, 5) is 3.98. The largest absolute Gasteiger partial charge is 0.267 e. The van der Waals surface area contributed by atoms with Crippen molar-refractivity contribution in [2.45, 2.75) is 20.8 Å². The van der Waals surface area contributed by atoms with Crippen molar-refractivity contribution >= 4 is 5.71 Å². The van der Waals surface area contributed by atoms with Crippen molar-refractivity contribution in [3.63, 3.8) is 0 Å². The van der Waals surface area contributed by atoms with Crippen LogP contribution in [0.4, 0.5) is 0 Å². The van der Waals surface area contributed by atoms with E-state index in [4.69, 9.17) is 0 Å². The third kappa shape index (κ3) is 5.41. The fraction of sp³-hybridized carbons (Fsp3) is 0.500. The van der Waals surface area contributed by atoms with Gasteiger partial charge in [0.25, 0.3) is 0 Å². The fourth-order valence-electron chi connectivity index (χ4n) is 0.224. The van der Waals surface area contributed by atoms with Gasteiger partial charge in [-0.3, -0.25) is 4.99 Å². The molecule has 0 N–H and O–H groups in total. The lowest BCUT2D eigenvalue weighted by Gasteiger charge is -1.78. The number of nitrogens with zero attached hydrogens (tertiary/aromatic N) is 1. The third-order valence-corrected chi connectivity index (χ3v) is 0.482. The molecule has 1 heteroatoms. The molecule has 0 saturated heterocycles. The SMILES string of the molecule is C/C=C/N=C(C)C. The van der Waals surface area contributed by atoms with Gasteiger partial charge in [0, 0.05) is 11.9 Å². The van der Waals surface area contributed by atoms with Crippen molar-refractivity contribution in [1.29, 1.82) is 0 Å². The van der Waals surface area contributed by atoms with Crippen LogP contribution in [0.1, 0.15) is 20.8 Å². The van der Waals surface area contributed by atoms with Crippen LogP contribution >= 0.6 is 0 Å². The molecule has 0 aromatic rings. The maximum absolute atomic E-state index is 3.98. The molecular formula is C6H11N. The first kappa shape index (κ1) is 6.41. The zero-order valence-corrected chi connectivity index (χ0v) is 5.10. The van der Waals surface area contributed by atoms with Gasteiger partial charge < -0.3 is 0 Å². The zero-order chi connectivity index (χ0) is 5.70. The van der Waals surface area contributed by atoms with Crippen LogP contribution in [-0.4, -0.2) is 5.71 Å². The molecule has 7 heavy (non-hydrogen) atoms. The van der Waals surface area contributed by atoms with E-state index in [9.17, 15) is 0 Å². The smallest absolute Gasteiger partial charge is 0.0224 e. The number of aliphatic imine (C=N–C) groups is 1. The number of rotatable bonds is 1. The van der Waals surface area contributed by atoms with E-state index in [1.165, 1.54) is 0 Å². The summed E-state index contributed by atoms with van der Waals surface area (Å²) in [6.45, 7) is 5.90. The van der Waals surface area contributed by atoms with Crippen LogP contribution in [0.25, 0.3) is 0 Å². The quantitative estimate of drug-likeness (QED) is 0.444. The van der Waals surface area contributed by atoms with E-state index < -0.39 is 0 Å². The summed E-state index contributed by atoms with van der Waals surface area (Å²) >= 11 is 0. The Bertz CT molecular complexity index is 86.4. The van der Waals surface area contributed by atoms with Crippen molar-refractivity contribution in [2.24, 2.45) is 4.99 Å². The second kappa shape index (κ2) is 3.59. The highest BCUT2D eigenvalue weighted by molar-refractivity contribution is 5.79. The maximum Gasteiger partial charge on any atom is 0.0224 e. The van der Waals surface area contributed by atoms with Crippen LogP contribution < -0.4 is 0 Å². The summed E-state index contributed by atoms with van der Waals surface area (Å²) in [6.07, 6.45) is 3.70. The Morgan fingerprint density at radius 1 is 1.43 bits per heavy atom. The molecule has 0 unspecified atom stereocenters. The molecule has 0 heterocycles. The predicted octanol–water partition coefficient (Wildman–Crippen LogP) is 2.00. The molecule has 0 spiro atoms.